The molecule has 0 saturated heterocycles. The summed E-state index contributed by atoms with van der Waals surface area (Å²) in [6, 6.07) is 0.910. The van der Waals surface area contributed by atoms with Crippen LogP contribution in [-0.4, -0.2) is 50.6 Å². The second-order valence-electron chi connectivity index (χ2n) is 5.69. The molecule has 1 unspecified atom stereocenters. The third-order valence-electron chi connectivity index (χ3n) is 3.05. The molecule has 1 N–H and O–H groups in total. The van der Waals surface area contributed by atoms with E-state index in [-0.39, 0.29) is 11.7 Å². The molecule has 1 aromatic heterocycles. The van der Waals surface area contributed by atoms with Crippen molar-refractivity contribution in [1.82, 2.24) is 14.3 Å². The summed E-state index contributed by atoms with van der Waals surface area (Å²) in [6.45, 7) is 6.42. The highest BCUT2D eigenvalue weighted by atomic mass is 32.2. The quantitative estimate of drug-likeness (QED) is 0.790. The summed E-state index contributed by atoms with van der Waals surface area (Å²) >= 11 is 0. The maximum Gasteiger partial charge on any atom is 0.213 e. The number of nitrogens with one attached hydrogen (secondary N) is 1. The molecule has 0 amide bonds. The number of hydrogen-bond donors (Lipinski definition) is 1. The van der Waals surface area contributed by atoms with Crippen molar-refractivity contribution < 1.29 is 8.42 Å². The lowest BCUT2D eigenvalue weighted by Crippen LogP contribution is -2.46. The van der Waals surface area contributed by atoms with Crippen molar-refractivity contribution in [3.05, 3.63) is 12.4 Å². The first kappa shape index (κ1) is 15.4. The van der Waals surface area contributed by atoms with Crippen LogP contribution in [0.2, 0.25) is 19.1 Å². The van der Waals surface area contributed by atoms with Gasteiger partial charge in [0.15, 0.2) is 0 Å². The van der Waals surface area contributed by atoms with E-state index in [1.807, 2.05) is 13.1 Å². The van der Waals surface area contributed by atoms with Crippen LogP contribution >= 0.6 is 0 Å². The van der Waals surface area contributed by atoms with Gasteiger partial charge in [0.25, 0.3) is 0 Å². The number of aromatic nitrogens is 2. The highest BCUT2D eigenvalue weighted by Gasteiger charge is 2.30. The molecule has 104 valence electrons. The lowest BCUT2D eigenvalue weighted by molar-refractivity contribution is 0.509. The molecule has 1 atom stereocenters. The van der Waals surface area contributed by atoms with Crippen LogP contribution in [0.4, 0.5) is 0 Å². The van der Waals surface area contributed by atoms with Crippen LogP contribution < -0.4 is 5.45 Å². The molecular weight excluding hydrogens is 266 g/mol. The predicted octanol–water partition coefficient (Wildman–Crippen LogP) is 0.853. The molecule has 0 bridgehead atoms. The first-order chi connectivity index (χ1) is 8.15. The fourth-order valence-electron chi connectivity index (χ4n) is 2.17. The fraction of sp³-hybridized carbons (Fsp3) is 0.727. The Morgan fingerprint density at radius 2 is 2.06 bits per heavy atom. The summed E-state index contributed by atoms with van der Waals surface area (Å²) < 4.78 is 25.0. The molecule has 5 nitrogen and oxygen atoms in total. The Kier molecular flexibility index (Phi) is 4.74. The van der Waals surface area contributed by atoms with Crippen molar-refractivity contribution in [1.29, 1.82) is 0 Å². The number of nitrogens with zero attached hydrogens (tertiary/aromatic N) is 2. The van der Waals surface area contributed by atoms with Crippen LogP contribution in [0, 0.1) is 5.92 Å². The van der Waals surface area contributed by atoms with Crippen LogP contribution in [-0.2, 0) is 10.0 Å². The number of imidazole rings is 1. The molecular formula is C11H23N3O2SSi. The third kappa shape index (κ3) is 3.93. The average molecular weight is 289 g/mol. The Hall–Kier alpha value is -0.663. The maximum atomic E-state index is 11.8. The van der Waals surface area contributed by atoms with Gasteiger partial charge in [-0.15, -0.1) is 0 Å². The molecule has 0 radical (unpaired) electrons. The zero-order chi connectivity index (χ0) is 14.0. The third-order valence-corrected chi connectivity index (χ3v) is 8.43. The van der Waals surface area contributed by atoms with Crippen LogP contribution in [0.3, 0.4) is 0 Å². The van der Waals surface area contributed by atoms with Gasteiger partial charge in [0.2, 0.25) is 10.0 Å². The van der Waals surface area contributed by atoms with Gasteiger partial charge < -0.3 is 4.98 Å². The Balaban J connectivity index is 2.69. The largest absolute Gasteiger partial charge is 0.353 e. The minimum Gasteiger partial charge on any atom is -0.353 e. The standard InChI is InChI=1S/C11H23N3O2SSi/c1-10(8-17(15,16)14(2)3)9-18(4,5)11-12-6-7-13-11/h6-7,10H,8-9H2,1-5H3,(H,12,13). The molecule has 0 aliphatic carbocycles. The van der Waals surface area contributed by atoms with Crippen LogP contribution in [0.1, 0.15) is 6.92 Å². The lowest BCUT2D eigenvalue weighted by atomic mass is 10.3. The maximum absolute atomic E-state index is 11.8. The van der Waals surface area contributed by atoms with E-state index in [1.54, 1.807) is 20.3 Å². The normalized spacial score (nSPS) is 15.0. The molecule has 1 aromatic rings. The summed E-state index contributed by atoms with van der Waals surface area (Å²) in [6.07, 6.45) is 3.58. The van der Waals surface area contributed by atoms with Gasteiger partial charge in [-0.05, 0) is 12.0 Å². The van der Waals surface area contributed by atoms with Gasteiger partial charge in [-0.3, -0.25) is 0 Å². The summed E-state index contributed by atoms with van der Waals surface area (Å²) in [7, 11) is -1.63. The molecule has 0 aliphatic heterocycles. The average Bonchev–Trinajstić information content (AvgIpc) is 2.67. The molecule has 7 heteroatoms. The van der Waals surface area contributed by atoms with Crippen molar-refractivity contribution >= 4 is 23.5 Å². The monoisotopic (exact) mass is 289 g/mol. The van der Waals surface area contributed by atoms with Crippen molar-refractivity contribution in [3.63, 3.8) is 0 Å². The van der Waals surface area contributed by atoms with Crippen LogP contribution in [0.5, 0.6) is 0 Å². The minimum atomic E-state index is -3.11. The smallest absolute Gasteiger partial charge is 0.213 e. The molecule has 0 saturated carbocycles. The molecule has 0 spiro atoms. The second-order valence-corrected chi connectivity index (χ2v) is 12.6. The topological polar surface area (TPSA) is 66.1 Å². The van der Waals surface area contributed by atoms with Gasteiger partial charge in [0.1, 0.15) is 8.07 Å². The van der Waals surface area contributed by atoms with E-state index in [0.717, 1.165) is 11.5 Å². The summed E-state index contributed by atoms with van der Waals surface area (Å²) in [5.74, 6) is 0.348. The van der Waals surface area contributed by atoms with E-state index in [4.69, 9.17) is 0 Å². The number of rotatable bonds is 6. The highest BCUT2D eigenvalue weighted by molar-refractivity contribution is 7.89. The summed E-state index contributed by atoms with van der Waals surface area (Å²) in [4.78, 5) is 7.48. The van der Waals surface area contributed by atoms with E-state index >= 15 is 0 Å². The Labute approximate surface area is 111 Å². The number of aromatic amines is 1. The van der Waals surface area contributed by atoms with E-state index < -0.39 is 18.1 Å². The zero-order valence-electron chi connectivity index (χ0n) is 11.8. The Morgan fingerprint density at radius 1 is 1.44 bits per heavy atom. The zero-order valence-corrected chi connectivity index (χ0v) is 13.6. The molecule has 0 aromatic carbocycles. The summed E-state index contributed by atoms with van der Waals surface area (Å²) in [5, 5.41) is 0. The first-order valence-corrected chi connectivity index (χ1v) is 10.9. The molecule has 1 rings (SSSR count). The van der Waals surface area contributed by atoms with Gasteiger partial charge in [0.05, 0.1) is 11.2 Å². The van der Waals surface area contributed by atoms with Crippen LogP contribution in [0.25, 0.3) is 0 Å². The van der Waals surface area contributed by atoms with Gasteiger partial charge >= 0.3 is 0 Å². The molecule has 0 fully saturated rings. The van der Waals surface area contributed by atoms with Crippen molar-refractivity contribution in [2.24, 2.45) is 5.92 Å². The van der Waals surface area contributed by atoms with Gasteiger partial charge in [0, 0.05) is 26.5 Å². The molecule has 0 aliphatic rings. The van der Waals surface area contributed by atoms with Crippen molar-refractivity contribution in [3.8, 4) is 0 Å². The van der Waals surface area contributed by atoms with Gasteiger partial charge in [-0.2, -0.15) is 0 Å². The lowest BCUT2D eigenvalue weighted by Gasteiger charge is -2.24. The van der Waals surface area contributed by atoms with Crippen molar-refractivity contribution in [2.75, 3.05) is 19.8 Å². The second kappa shape index (κ2) is 5.54. The molecule has 1 heterocycles. The SMILES string of the molecule is CC(C[Si](C)(C)c1ncc[nH]1)CS(=O)(=O)N(C)C. The highest BCUT2D eigenvalue weighted by Crippen LogP contribution is 2.18. The minimum absolute atomic E-state index is 0.143. The van der Waals surface area contributed by atoms with Gasteiger partial charge in [-0.1, -0.05) is 20.0 Å². The van der Waals surface area contributed by atoms with Gasteiger partial charge in [-0.25, -0.2) is 17.7 Å². The number of hydrogen-bond acceptors (Lipinski definition) is 3. The number of sulfonamides is 1. The van der Waals surface area contributed by atoms with E-state index in [1.165, 1.54) is 4.31 Å². The summed E-state index contributed by atoms with van der Waals surface area (Å²) in [5.41, 5.74) is 1.04. The number of H-pyrrole nitrogens is 1. The fourth-order valence-corrected chi connectivity index (χ4v) is 6.49. The predicted molar refractivity (Wildman–Crippen MR) is 77.1 cm³/mol. The first-order valence-electron chi connectivity index (χ1n) is 6.05. The van der Waals surface area contributed by atoms with Crippen LogP contribution in [0.15, 0.2) is 12.4 Å². The van der Waals surface area contributed by atoms with E-state index in [0.29, 0.717) is 0 Å². The Bertz CT molecular complexity index is 468. The Morgan fingerprint density at radius 3 is 2.50 bits per heavy atom. The van der Waals surface area contributed by atoms with E-state index in [9.17, 15) is 8.42 Å². The molecule has 18 heavy (non-hydrogen) atoms. The van der Waals surface area contributed by atoms with Crippen molar-refractivity contribution in [2.45, 2.75) is 26.1 Å². The van der Waals surface area contributed by atoms with E-state index in [2.05, 4.69) is 23.1 Å².